The normalized spacial score (nSPS) is 16.7. The molecule has 2 aromatic heterocycles. The number of fused-ring (bicyclic) bond motifs is 1. The smallest absolute Gasteiger partial charge is 0.137 e. The largest absolute Gasteiger partial charge is 0.383 e. The molecule has 0 amide bonds. The molecule has 1 fully saturated rings. The standard InChI is InChI=1S/C17H26N6O2/c1-13(11-24-2)22-17-14-9-16(19-10-15(14)20-12-21-17)18-3-4-23-5-7-25-8-6-23/h9-10,12-13H,3-8,11H2,1-2H3,(H,18,19)(H,20,21,22). The highest BCUT2D eigenvalue weighted by atomic mass is 16.5. The van der Waals surface area contributed by atoms with Crippen LogP contribution in [0, 0.1) is 0 Å². The molecule has 1 aliphatic heterocycles. The fraction of sp³-hybridized carbons (Fsp3) is 0.588. The van der Waals surface area contributed by atoms with E-state index in [9.17, 15) is 0 Å². The van der Waals surface area contributed by atoms with Crippen molar-refractivity contribution in [2.24, 2.45) is 0 Å². The summed E-state index contributed by atoms with van der Waals surface area (Å²) in [6.45, 7) is 8.11. The van der Waals surface area contributed by atoms with E-state index in [0.29, 0.717) is 6.61 Å². The lowest BCUT2D eigenvalue weighted by molar-refractivity contribution is 0.0398. The third-order valence-electron chi connectivity index (χ3n) is 4.16. The molecule has 0 bridgehead atoms. The van der Waals surface area contributed by atoms with Gasteiger partial charge >= 0.3 is 0 Å². The number of methoxy groups -OCH3 is 1. The first-order valence-electron chi connectivity index (χ1n) is 8.66. The van der Waals surface area contributed by atoms with Gasteiger partial charge in [0.1, 0.15) is 18.0 Å². The summed E-state index contributed by atoms with van der Waals surface area (Å²) in [5.41, 5.74) is 0.820. The van der Waals surface area contributed by atoms with Gasteiger partial charge in [-0.2, -0.15) is 0 Å². The van der Waals surface area contributed by atoms with E-state index in [1.54, 1.807) is 19.6 Å². The van der Waals surface area contributed by atoms with Crippen LogP contribution >= 0.6 is 0 Å². The number of aromatic nitrogens is 3. The summed E-state index contributed by atoms with van der Waals surface area (Å²) in [6, 6.07) is 2.16. The van der Waals surface area contributed by atoms with Gasteiger partial charge in [0.25, 0.3) is 0 Å². The number of rotatable bonds is 8. The number of nitrogens with zero attached hydrogens (tertiary/aromatic N) is 4. The lowest BCUT2D eigenvalue weighted by Crippen LogP contribution is -2.39. The molecule has 2 aromatic rings. The zero-order chi connectivity index (χ0) is 17.5. The first-order chi connectivity index (χ1) is 12.3. The summed E-state index contributed by atoms with van der Waals surface area (Å²) in [5.74, 6) is 1.63. The van der Waals surface area contributed by atoms with Crippen molar-refractivity contribution >= 4 is 22.5 Å². The summed E-state index contributed by atoms with van der Waals surface area (Å²) >= 11 is 0. The zero-order valence-corrected chi connectivity index (χ0v) is 14.9. The fourth-order valence-corrected chi connectivity index (χ4v) is 2.86. The van der Waals surface area contributed by atoms with Crippen molar-refractivity contribution < 1.29 is 9.47 Å². The highest BCUT2D eigenvalue weighted by Crippen LogP contribution is 2.21. The Hall–Kier alpha value is -2.03. The van der Waals surface area contributed by atoms with E-state index in [1.165, 1.54) is 0 Å². The first-order valence-corrected chi connectivity index (χ1v) is 8.66. The van der Waals surface area contributed by atoms with Crippen LogP contribution in [0.3, 0.4) is 0 Å². The number of hydrogen-bond donors (Lipinski definition) is 2. The number of pyridine rings is 1. The lowest BCUT2D eigenvalue weighted by atomic mass is 10.2. The molecule has 0 saturated carbocycles. The highest BCUT2D eigenvalue weighted by Gasteiger charge is 2.11. The van der Waals surface area contributed by atoms with E-state index in [-0.39, 0.29) is 6.04 Å². The van der Waals surface area contributed by atoms with Gasteiger partial charge in [-0.25, -0.2) is 15.0 Å². The van der Waals surface area contributed by atoms with Crippen LogP contribution in [0.1, 0.15) is 6.92 Å². The van der Waals surface area contributed by atoms with Crippen molar-refractivity contribution in [3.05, 3.63) is 18.6 Å². The second-order valence-corrected chi connectivity index (χ2v) is 6.19. The number of ether oxygens (including phenoxy) is 2. The van der Waals surface area contributed by atoms with Crippen LogP contribution in [0.2, 0.25) is 0 Å². The van der Waals surface area contributed by atoms with Gasteiger partial charge in [0.15, 0.2) is 0 Å². The Kier molecular flexibility index (Phi) is 6.32. The van der Waals surface area contributed by atoms with Crippen LogP contribution in [0.25, 0.3) is 10.9 Å². The lowest BCUT2D eigenvalue weighted by Gasteiger charge is -2.26. The van der Waals surface area contributed by atoms with E-state index in [2.05, 4.69) is 37.4 Å². The number of nitrogens with one attached hydrogen (secondary N) is 2. The average Bonchev–Trinajstić information content (AvgIpc) is 2.63. The predicted octanol–water partition coefficient (Wildman–Crippen LogP) is 1.22. The molecule has 1 unspecified atom stereocenters. The van der Waals surface area contributed by atoms with Crippen molar-refractivity contribution in [2.75, 3.05) is 63.7 Å². The zero-order valence-electron chi connectivity index (χ0n) is 14.9. The van der Waals surface area contributed by atoms with Gasteiger partial charge in [-0.1, -0.05) is 0 Å². The second kappa shape index (κ2) is 8.89. The van der Waals surface area contributed by atoms with Gasteiger partial charge in [0, 0.05) is 44.7 Å². The van der Waals surface area contributed by atoms with Crippen LogP contribution in [-0.4, -0.2) is 79.0 Å². The number of morpholine rings is 1. The summed E-state index contributed by atoms with van der Waals surface area (Å²) in [4.78, 5) is 15.5. The third-order valence-corrected chi connectivity index (χ3v) is 4.16. The van der Waals surface area contributed by atoms with Crippen molar-refractivity contribution in [3.8, 4) is 0 Å². The van der Waals surface area contributed by atoms with E-state index in [0.717, 1.165) is 61.9 Å². The van der Waals surface area contributed by atoms with Gasteiger partial charge < -0.3 is 20.1 Å². The van der Waals surface area contributed by atoms with Crippen LogP contribution in [-0.2, 0) is 9.47 Å². The molecule has 0 spiro atoms. The molecule has 25 heavy (non-hydrogen) atoms. The van der Waals surface area contributed by atoms with Crippen molar-refractivity contribution in [1.29, 1.82) is 0 Å². The Balaban J connectivity index is 1.65. The van der Waals surface area contributed by atoms with E-state index >= 15 is 0 Å². The molecule has 0 radical (unpaired) electrons. The Morgan fingerprint density at radius 1 is 1.28 bits per heavy atom. The van der Waals surface area contributed by atoms with Crippen LogP contribution in [0.5, 0.6) is 0 Å². The number of anilines is 2. The Labute approximate surface area is 148 Å². The molecule has 3 heterocycles. The minimum absolute atomic E-state index is 0.161. The summed E-state index contributed by atoms with van der Waals surface area (Å²) < 4.78 is 10.5. The van der Waals surface area contributed by atoms with Crippen LogP contribution in [0.15, 0.2) is 18.6 Å². The second-order valence-electron chi connectivity index (χ2n) is 6.19. The van der Waals surface area contributed by atoms with Crippen LogP contribution < -0.4 is 10.6 Å². The third kappa shape index (κ3) is 4.97. The Morgan fingerprint density at radius 3 is 2.92 bits per heavy atom. The topological polar surface area (TPSA) is 84.4 Å². The first kappa shape index (κ1) is 17.8. The minimum Gasteiger partial charge on any atom is -0.383 e. The van der Waals surface area contributed by atoms with Crippen molar-refractivity contribution in [1.82, 2.24) is 19.9 Å². The molecular weight excluding hydrogens is 320 g/mol. The summed E-state index contributed by atoms with van der Waals surface area (Å²) in [7, 11) is 1.69. The Morgan fingerprint density at radius 2 is 2.12 bits per heavy atom. The molecule has 8 nitrogen and oxygen atoms in total. The molecule has 0 aliphatic carbocycles. The molecule has 2 N–H and O–H groups in total. The van der Waals surface area contributed by atoms with Gasteiger partial charge in [-0.15, -0.1) is 0 Å². The van der Waals surface area contributed by atoms with Gasteiger partial charge in [0.2, 0.25) is 0 Å². The molecule has 136 valence electrons. The molecule has 1 aliphatic rings. The van der Waals surface area contributed by atoms with Gasteiger partial charge in [0.05, 0.1) is 31.5 Å². The maximum absolute atomic E-state index is 5.37. The average molecular weight is 346 g/mol. The summed E-state index contributed by atoms with van der Waals surface area (Å²) in [5, 5.41) is 7.71. The van der Waals surface area contributed by atoms with E-state index < -0.39 is 0 Å². The minimum atomic E-state index is 0.161. The number of hydrogen-bond acceptors (Lipinski definition) is 8. The van der Waals surface area contributed by atoms with Gasteiger partial charge in [-0.3, -0.25) is 4.90 Å². The van der Waals surface area contributed by atoms with Crippen molar-refractivity contribution in [3.63, 3.8) is 0 Å². The molecule has 1 saturated heterocycles. The predicted molar refractivity (Wildman–Crippen MR) is 98.0 cm³/mol. The molecule has 1 atom stereocenters. The monoisotopic (exact) mass is 346 g/mol. The summed E-state index contributed by atoms with van der Waals surface area (Å²) in [6.07, 6.45) is 3.33. The maximum Gasteiger partial charge on any atom is 0.137 e. The quantitative estimate of drug-likeness (QED) is 0.738. The highest BCUT2D eigenvalue weighted by molar-refractivity contribution is 5.90. The maximum atomic E-state index is 5.37. The van der Waals surface area contributed by atoms with E-state index in [1.807, 2.05) is 6.07 Å². The van der Waals surface area contributed by atoms with E-state index in [4.69, 9.17) is 9.47 Å². The molecular formula is C17H26N6O2. The van der Waals surface area contributed by atoms with Gasteiger partial charge in [-0.05, 0) is 13.0 Å². The molecule has 0 aromatic carbocycles. The Bertz CT molecular complexity index is 677. The fourth-order valence-electron chi connectivity index (χ4n) is 2.86. The molecule has 3 rings (SSSR count). The van der Waals surface area contributed by atoms with Crippen molar-refractivity contribution in [2.45, 2.75) is 13.0 Å². The SMILES string of the molecule is COCC(C)Nc1ncnc2cnc(NCCN3CCOCC3)cc12. The molecule has 8 heteroatoms. The van der Waals surface area contributed by atoms with Crippen LogP contribution in [0.4, 0.5) is 11.6 Å².